The zero-order valence-corrected chi connectivity index (χ0v) is 15.7. The van der Waals surface area contributed by atoms with Gasteiger partial charge < -0.3 is 25.2 Å². The Morgan fingerprint density at radius 2 is 2.00 bits per heavy atom. The fraction of sp³-hybridized carbons (Fsp3) is 0.750. The number of rotatable bonds is 13. The third kappa shape index (κ3) is 9.48. The average molecular weight is 370 g/mol. The Kier molecular flexibility index (Phi) is 11.4. The van der Waals surface area contributed by atoms with Crippen molar-refractivity contribution >= 4 is 5.97 Å². The second-order valence-corrected chi connectivity index (χ2v) is 6.95. The average Bonchev–Trinajstić information content (AvgIpc) is 2.96. The summed E-state index contributed by atoms with van der Waals surface area (Å²) in [7, 11) is 0. The molecule has 150 valence electrons. The summed E-state index contributed by atoms with van der Waals surface area (Å²) >= 11 is 0. The lowest BCUT2D eigenvalue weighted by Gasteiger charge is -2.17. The highest BCUT2D eigenvalue weighted by molar-refractivity contribution is 5.66. The van der Waals surface area contributed by atoms with E-state index in [0.717, 1.165) is 12.8 Å². The van der Waals surface area contributed by atoms with Crippen molar-refractivity contribution in [2.24, 2.45) is 0 Å². The van der Waals surface area contributed by atoms with Crippen molar-refractivity contribution in [1.29, 1.82) is 0 Å². The van der Waals surface area contributed by atoms with E-state index in [0.29, 0.717) is 25.7 Å². The molecule has 1 rings (SSSR count). The smallest absolute Gasteiger partial charge is 0.303 e. The van der Waals surface area contributed by atoms with Crippen molar-refractivity contribution in [3.05, 3.63) is 24.3 Å². The predicted molar refractivity (Wildman–Crippen MR) is 99.8 cm³/mol. The largest absolute Gasteiger partial charge is 0.481 e. The van der Waals surface area contributed by atoms with Gasteiger partial charge in [-0.1, -0.05) is 44.1 Å². The quantitative estimate of drug-likeness (QED) is 0.293. The van der Waals surface area contributed by atoms with Crippen molar-refractivity contribution in [2.75, 3.05) is 0 Å². The maximum atomic E-state index is 10.5. The van der Waals surface area contributed by atoms with E-state index >= 15 is 0 Å². The van der Waals surface area contributed by atoms with E-state index in [1.165, 1.54) is 12.8 Å². The van der Waals surface area contributed by atoms with Crippen LogP contribution in [0.1, 0.15) is 64.7 Å². The van der Waals surface area contributed by atoms with Crippen molar-refractivity contribution in [2.45, 2.75) is 95.2 Å². The van der Waals surface area contributed by atoms with Gasteiger partial charge in [-0.3, -0.25) is 4.79 Å². The van der Waals surface area contributed by atoms with Gasteiger partial charge in [0.2, 0.25) is 0 Å². The summed E-state index contributed by atoms with van der Waals surface area (Å²) in [5.41, 5.74) is 0. The highest BCUT2D eigenvalue weighted by atomic mass is 16.5. The number of carbonyl (C=O) groups is 1. The molecule has 0 amide bonds. The topological polar surface area (TPSA) is 107 Å². The van der Waals surface area contributed by atoms with Crippen LogP contribution >= 0.6 is 0 Å². The number of carboxylic acids is 1. The summed E-state index contributed by atoms with van der Waals surface area (Å²) in [4.78, 5) is 10.5. The van der Waals surface area contributed by atoms with E-state index < -0.39 is 36.5 Å². The predicted octanol–water partition coefficient (Wildman–Crippen LogP) is 2.56. The molecule has 1 saturated heterocycles. The van der Waals surface area contributed by atoms with Crippen molar-refractivity contribution in [3.8, 4) is 0 Å². The summed E-state index contributed by atoms with van der Waals surface area (Å²) < 4.78 is 5.65. The molecule has 1 aliphatic rings. The monoisotopic (exact) mass is 370 g/mol. The number of carboxylic acid groups (broad SMARTS) is 1. The highest BCUT2D eigenvalue weighted by Crippen LogP contribution is 2.26. The van der Waals surface area contributed by atoms with Crippen LogP contribution in [0.4, 0.5) is 0 Å². The first-order valence-corrected chi connectivity index (χ1v) is 9.68. The van der Waals surface area contributed by atoms with Crippen molar-refractivity contribution < 1.29 is 30.0 Å². The van der Waals surface area contributed by atoms with Crippen LogP contribution in [0.2, 0.25) is 0 Å². The Balaban J connectivity index is 2.31. The Labute approximate surface area is 156 Å². The van der Waals surface area contributed by atoms with Gasteiger partial charge in [0.25, 0.3) is 0 Å². The molecular formula is C20H34O6. The van der Waals surface area contributed by atoms with Gasteiger partial charge in [-0.05, 0) is 32.1 Å². The van der Waals surface area contributed by atoms with E-state index in [1.807, 2.05) is 6.08 Å². The molecule has 1 aliphatic heterocycles. The second-order valence-electron chi connectivity index (χ2n) is 6.95. The standard InChI is InChI=1S/C20H34O6/c1-2-3-4-5-6-7-9-15(21)12-13-18-17(23)14-19(26-18)16(22)10-8-11-20(24)25/h6-7,12-13,15-19,21-23H,2-5,8-11,14H2,1H3,(H,24,25)/b7-6-,13-12+/t15-,16-,17-,18+,19-/m0/s1. The third-order valence-corrected chi connectivity index (χ3v) is 4.55. The van der Waals surface area contributed by atoms with E-state index in [-0.39, 0.29) is 6.42 Å². The number of aliphatic carboxylic acids is 1. The van der Waals surface area contributed by atoms with Crippen LogP contribution in [0.5, 0.6) is 0 Å². The van der Waals surface area contributed by atoms with Crippen molar-refractivity contribution in [3.63, 3.8) is 0 Å². The lowest BCUT2D eigenvalue weighted by atomic mass is 10.0. The molecule has 6 nitrogen and oxygen atoms in total. The lowest BCUT2D eigenvalue weighted by molar-refractivity contribution is -0.137. The molecule has 0 unspecified atom stereocenters. The van der Waals surface area contributed by atoms with E-state index in [4.69, 9.17) is 9.84 Å². The van der Waals surface area contributed by atoms with Gasteiger partial charge in [0.15, 0.2) is 0 Å². The first kappa shape index (κ1) is 22.8. The Hall–Kier alpha value is -1.21. The molecule has 26 heavy (non-hydrogen) atoms. The molecule has 0 aromatic rings. The maximum Gasteiger partial charge on any atom is 0.303 e. The van der Waals surface area contributed by atoms with E-state index in [2.05, 4.69) is 13.0 Å². The van der Waals surface area contributed by atoms with E-state index in [1.54, 1.807) is 12.2 Å². The molecule has 1 fully saturated rings. The van der Waals surface area contributed by atoms with Gasteiger partial charge in [-0.15, -0.1) is 0 Å². The number of ether oxygens (including phenoxy) is 1. The third-order valence-electron chi connectivity index (χ3n) is 4.55. The van der Waals surface area contributed by atoms with Crippen LogP contribution in [0.25, 0.3) is 0 Å². The number of hydrogen-bond acceptors (Lipinski definition) is 5. The molecule has 1 heterocycles. The molecule has 6 heteroatoms. The molecule has 0 radical (unpaired) electrons. The molecule has 0 aromatic heterocycles. The molecule has 0 bridgehead atoms. The normalized spacial score (nSPS) is 25.9. The van der Waals surface area contributed by atoms with Crippen LogP contribution in [-0.4, -0.2) is 56.9 Å². The number of aliphatic hydroxyl groups excluding tert-OH is 3. The Bertz CT molecular complexity index is 448. The fourth-order valence-corrected chi connectivity index (χ4v) is 2.97. The minimum Gasteiger partial charge on any atom is -0.481 e. The number of allylic oxidation sites excluding steroid dienone is 1. The van der Waals surface area contributed by atoms with Crippen LogP contribution in [0.15, 0.2) is 24.3 Å². The molecule has 5 atom stereocenters. The van der Waals surface area contributed by atoms with Crippen LogP contribution in [0.3, 0.4) is 0 Å². The van der Waals surface area contributed by atoms with Crippen LogP contribution in [0, 0.1) is 0 Å². The van der Waals surface area contributed by atoms with Crippen LogP contribution < -0.4 is 0 Å². The Morgan fingerprint density at radius 3 is 2.69 bits per heavy atom. The Morgan fingerprint density at radius 1 is 1.23 bits per heavy atom. The summed E-state index contributed by atoms with van der Waals surface area (Å²) in [5.74, 6) is -0.890. The molecule has 0 spiro atoms. The molecule has 0 aliphatic carbocycles. The summed E-state index contributed by atoms with van der Waals surface area (Å²) in [6.07, 6.45) is 10.2. The number of hydrogen-bond donors (Lipinski definition) is 4. The van der Waals surface area contributed by atoms with Crippen LogP contribution in [-0.2, 0) is 9.53 Å². The van der Waals surface area contributed by atoms with E-state index in [9.17, 15) is 20.1 Å². The minimum atomic E-state index is -0.890. The zero-order valence-electron chi connectivity index (χ0n) is 15.7. The lowest BCUT2D eigenvalue weighted by Crippen LogP contribution is -2.26. The molecule has 0 saturated carbocycles. The fourth-order valence-electron chi connectivity index (χ4n) is 2.97. The van der Waals surface area contributed by atoms with Gasteiger partial charge in [0.1, 0.15) is 6.10 Å². The van der Waals surface area contributed by atoms with Gasteiger partial charge in [0, 0.05) is 12.8 Å². The number of aliphatic hydroxyl groups is 3. The minimum absolute atomic E-state index is 0.00776. The first-order chi connectivity index (χ1) is 12.4. The molecule has 0 aromatic carbocycles. The molecular weight excluding hydrogens is 336 g/mol. The van der Waals surface area contributed by atoms with Gasteiger partial charge in [0.05, 0.1) is 24.4 Å². The number of unbranched alkanes of at least 4 members (excludes halogenated alkanes) is 3. The van der Waals surface area contributed by atoms with Gasteiger partial charge >= 0.3 is 5.97 Å². The molecule has 4 N–H and O–H groups in total. The summed E-state index contributed by atoms with van der Waals surface area (Å²) in [6, 6.07) is 0. The zero-order chi connectivity index (χ0) is 19.4. The maximum absolute atomic E-state index is 10.5. The summed E-state index contributed by atoms with van der Waals surface area (Å²) in [6.45, 7) is 2.16. The first-order valence-electron chi connectivity index (χ1n) is 9.68. The van der Waals surface area contributed by atoms with Gasteiger partial charge in [-0.25, -0.2) is 0 Å². The van der Waals surface area contributed by atoms with Crippen molar-refractivity contribution in [1.82, 2.24) is 0 Å². The SMILES string of the molecule is CCCCC/C=C\C[C@H](O)/C=C/[C@H]1O[C@H]([C@@H](O)CCCC(=O)O)C[C@@H]1O. The second kappa shape index (κ2) is 13.0. The highest BCUT2D eigenvalue weighted by Gasteiger charge is 2.36. The van der Waals surface area contributed by atoms with Gasteiger partial charge in [-0.2, -0.15) is 0 Å². The summed E-state index contributed by atoms with van der Waals surface area (Å²) in [5, 5.41) is 38.7.